The van der Waals surface area contributed by atoms with E-state index in [1.807, 2.05) is 0 Å². The number of aliphatic carboxylic acids is 1. The zero-order valence-electron chi connectivity index (χ0n) is 7.84. The zero-order chi connectivity index (χ0) is 10.9. The topological polar surface area (TPSA) is 37.3 Å². The van der Waals surface area contributed by atoms with Crippen LogP contribution >= 0.6 is 15.9 Å². The van der Waals surface area contributed by atoms with Crippen molar-refractivity contribution in [2.45, 2.75) is 19.3 Å². The van der Waals surface area contributed by atoms with Gasteiger partial charge < -0.3 is 5.11 Å². The summed E-state index contributed by atoms with van der Waals surface area (Å²) in [7, 11) is 0. The van der Waals surface area contributed by atoms with Gasteiger partial charge in [-0.15, -0.1) is 0 Å². The predicted octanol–water partition coefficient (Wildman–Crippen LogP) is 2.95. The first kappa shape index (κ1) is 11.2. The summed E-state index contributed by atoms with van der Waals surface area (Å²) < 4.78 is 13.5. The normalized spacial score (nSPS) is 11.4. The number of carbonyl (C=O) groups is 1. The number of carboxylic acid groups (broad SMARTS) is 1. The fourth-order valence-corrected chi connectivity index (χ4v) is 1.50. The van der Waals surface area contributed by atoms with Crippen LogP contribution in [0.15, 0.2) is 22.7 Å². The fraction of sp³-hybridized carbons (Fsp3) is 0.300. The third-order valence-corrected chi connectivity index (χ3v) is 2.58. The lowest BCUT2D eigenvalue weighted by molar-refractivity contribution is -0.142. The highest BCUT2D eigenvalue weighted by Gasteiger charge is 2.29. The van der Waals surface area contributed by atoms with E-state index in [9.17, 15) is 9.18 Å². The summed E-state index contributed by atoms with van der Waals surface area (Å²) in [5.41, 5.74) is -0.637. The molecular weight excluding hydrogens is 251 g/mol. The van der Waals surface area contributed by atoms with Crippen LogP contribution in [0.2, 0.25) is 0 Å². The van der Waals surface area contributed by atoms with Gasteiger partial charge in [0.15, 0.2) is 0 Å². The Morgan fingerprint density at radius 2 is 2.00 bits per heavy atom. The molecule has 0 aromatic heterocycles. The monoisotopic (exact) mass is 260 g/mol. The van der Waals surface area contributed by atoms with E-state index in [-0.39, 0.29) is 0 Å². The smallest absolute Gasteiger partial charge is 0.313 e. The molecule has 0 radical (unpaired) electrons. The van der Waals surface area contributed by atoms with Gasteiger partial charge in [-0.3, -0.25) is 4.79 Å². The molecule has 1 N–H and O–H groups in total. The van der Waals surface area contributed by atoms with Crippen molar-refractivity contribution in [3.05, 3.63) is 34.1 Å². The summed E-state index contributed by atoms with van der Waals surface area (Å²) in [6, 6.07) is 4.14. The minimum Gasteiger partial charge on any atom is -0.481 e. The summed E-state index contributed by atoms with van der Waals surface area (Å²) in [5.74, 6) is -1.42. The van der Waals surface area contributed by atoms with Crippen molar-refractivity contribution < 1.29 is 14.3 Å². The molecule has 4 heteroatoms. The lowest BCUT2D eigenvalue weighted by Gasteiger charge is -2.19. The maximum Gasteiger partial charge on any atom is 0.313 e. The van der Waals surface area contributed by atoms with Crippen molar-refractivity contribution in [3.63, 3.8) is 0 Å². The molecule has 0 spiro atoms. The van der Waals surface area contributed by atoms with Crippen molar-refractivity contribution >= 4 is 21.9 Å². The summed E-state index contributed by atoms with van der Waals surface area (Å²) in [6.07, 6.45) is 0. The standard InChI is InChI=1S/C10H10BrFO2/c1-10(2,9(13)14)6-3-7(11)5-8(12)4-6/h3-5H,1-2H3,(H,13,14). The molecule has 0 bridgehead atoms. The van der Waals surface area contributed by atoms with Gasteiger partial charge in [-0.05, 0) is 37.6 Å². The van der Waals surface area contributed by atoms with Crippen LogP contribution in [0.3, 0.4) is 0 Å². The lowest BCUT2D eigenvalue weighted by atomic mass is 9.85. The molecule has 14 heavy (non-hydrogen) atoms. The molecule has 0 aliphatic heterocycles. The maximum absolute atomic E-state index is 13.0. The first-order valence-corrected chi connectivity index (χ1v) is 4.83. The first-order chi connectivity index (χ1) is 6.34. The Morgan fingerprint density at radius 1 is 1.43 bits per heavy atom. The van der Waals surface area contributed by atoms with E-state index in [4.69, 9.17) is 5.11 Å². The van der Waals surface area contributed by atoms with E-state index in [1.165, 1.54) is 26.0 Å². The molecule has 0 amide bonds. The van der Waals surface area contributed by atoms with Crippen LogP contribution in [-0.2, 0) is 10.2 Å². The van der Waals surface area contributed by atoms with Gasteiger partial charge in [0.25, 0.3) is 0 Å². The van der Waals surface area contributed by atoms with Crippen LogP contribution in [0, 0.1) is 5.82 Å². The molecule has 0 fully saturated rings. The van der Waals surface area contributed by atoms with E-state index in [1.54, 1.807) is 6.07 Å². The van der Waals surface area contributed by atoms with Crippen molar-refractivity contribution in [2.75, 3.05) is 0 Å². The molecule has 0 aliphatic rings. The zero-order valence-corrected chi connectivity index (χ0v) is 9.43. The van der Waals surface area contributed by atoms with Gasteiger partial charge in [-0.2, -0.15) is 0 Å². The Balaban J connectivity index is 3.25. The van der Waals surface area contributed by atoms with Crippen molar-refractivity contribution in [1.29, 1.82) is 0 Å². The molecule has 1 aromatic rings. The lowest BCUT2D eigenvalue weighted by Crippen LogP contribution is -2.28. The highest BCUT2D eigenvalue weighted by atomic mass is 79.9. The highest BCUT2D eigenvalue weighted by molar-refractivity contribution is 9.10. The minimum absolute atomic E-state index is 0.441. The number of halogens is 2. The minimum atomic E-state index is -1.08. The SMILES string of the molecule is CC(C)(C(=O)O)c1cc(F)cc(Br)c1. The Bertz CT molecular complexity index is 354. The van der Waals surface area contributed by atoms with Crippen LogP contribution in [0.4, 0.5) is 4.39 Å². The largest absolute Gasteiger partial charge is 0.481 e. The third kappa shape index (κ3) is 2.12. The first-order valence-electron chi connectivity index (χ1n) is 4.04. The quantitative estimate of drug-likeness (QED) is 0.888. The number of hydrogen-bond donors (Lipinski definition) is 1. The van der Waals surface area contributed by atoms with Crippen molar-refractivity contribution in [3.8, 4) is 0 Å². The second kappa shape index (κ2) is 3.69. The second-order valence-electron chi connectivity index (χ2n) is 3.59. The van der Waals surface area contributed by atoms with Crippen molar-refractivity contribution in [1.82, 2.24) is 0 Å². The molecule has 1 aromatic carbocycles. The van der Waals surface area contributed by atoms with Gasteiger partial charge in [-0.25, -0.2) is 4.39 Å². The Hall–Kier alpha value is -0.900. The molecule has 2 nitrogen and oxygen atoms in total. The third-order valence-electron chi connectivity index (χ3n) is 2.12. The Kier molecular flexibility index (Phi) is 2.95. The highest BCUT2D eigenvalue weighted by Crippen LogP contribution is 2.27. The van der Waals surface area contributed by atoms with Crippen LogP contribution in [0.5, 0.6) is 0 Å². The van der Waals surface area contributed by atoms with Gasteiger partial charge in [0.2, 0.25) is 0 Å². The molecular formula is C10H10BrFO2. The summed E-state index contributed by atoms with van der Waals surface area (Å²) in [4.78, 5) is 10.9. The molecule has 0 heterocycles. The molecule has 0 atom stereocenters. The van der Waals surface area contributed by atoms with E-state index in [0.29, 0.717) is 10.0 Å². The summed E-state index contributed by atoms with van der Waals surface area (Å²) in [5, 5.41) is 8.94. The number of rotatable bonds is 2. The van der Waals surface area contributed by atoms with Gasteiger partial charge >= 0.3 is 5.97 Å². The average molecular weight is 261 g/mol. The molecule has 1 rings (SSSR count). The van der Waals surface area contributed by atoms with Gasteiger partial charge in [-0.1, -0.05) is 15.9 Å². The molecule has 0 aliphatic carbocycles. The van der Waals surface area contributed by atoms with E-state index >= 15 is 0 Å². The second-order valence-corrected chi connectivity index (χ2v) is 4.50. The molecule has 76 valence electrons. The van der Waals surface area contributed by atoms with Crippen LogP contribution in [0.25, 0.3) is 0 Å². The van der Waals surface area contributed by atoms with Crippen LogP contribution in [-0.4, -0.2) is 11.1 Å². The van der Waals surface area contributed by atoms with Gasteiger partial charge in [0, 0.05) is 4.47 Å². The maximum atomic E-state index is 13.0. The fourth-order valence-electron chi connectivity index (χ4n) is 1.04. The van der Waals surface area contributed by atoms with E-state index in [2.05, 4.69) is 15.9 Å². The van der Waals surface area contributed by atoms with E-state index < -0.39 is 17.2 Å². The summed E-state index contributed by atoms with van der Waals surface area (Å²) in [6.45, 7) is 3.08. The van der Waals surface area contributed by atoms with Crippen molar-refractivity contribution in [2.24, 2.45) is 0 Å². The van der Waals surface area contributed by atoms with Gasteiger partial charge in [0.1, 0.15) is 5.82 Å². The van der Waals surface area contributed by atoms with E-state index in [0.717, 1.165) is 0 Å². The molecule has 0 saturated heterocycles. The predicted molar refractivity (Wildman–Crippen MR) is 54.8 cm³/mol. The number of carboxylic acids is 1. The number of benzene rings is 1. The average Bonchev–Trinajstić information content (AvgIpc) is 2.01. The van der Waals surface area contributed by atoms with Crippen LogP contribution in [0.1, 0.15) is 19.4 Å². The summed E-state index contributed by atoms with van der Waals surface area (Å²) >= 11 is 3.12. The molecule has 0 saturated carbocycles. The Labute approximate surface area is 89.9 Å². The van der Waals surface area contributed by atoms with Crippen LogP contribution < -0.4 is 0 Å². The number of hydrogen-bond acceptors (Lipinski definition) is 1. The Morgan fingerprint density at radius 3 is 2.43 bits per heavy atom. The van der Waals surface area contributed by atoms with Gasteiger partial charge in [0.05, 0.1) is 5.41 Å². The molecule has 0 unspecified atom stereocenters.